The monoisotopic (exact) mass is 230 g/mol. The first-order chi connectivity index (χ1) is 8.42. The van der Waals surface area contributed by atoms with Crippen LogP contribution in [0.25, 0.3) is 0 Å². The summed E-state index contributed by atoms with van der Waals surface area (Å²) in [6.07, 6.45) is 5.52. The molecule has 1 atom stereocenters. The van der Waals surface area contributed by atoms with Crippen LogP contribution in [0.3, 0.4) is 0 Å². The fourth-order valence-corrected chi connectivity index (χ4v) is 2.74. The van der Waals surface area contributed by atoms with Gasteiger partial charge in [0.1, 0.15) is 0 Å². The molecular weight excluding hydrogens is 208 g/mol. The Kier molecular flexibility index (Phi) is 3.44. The van der Waals surface area contributed by atoms with Crippen molar-refractivity contribution in [3.05, 3.63) is 35.9 Å². The molecule has 1 saturated carbocycles. The molecule has 17 heavy (non-hydrogen) atoms. The molecule has 3 rings (SSSR count). The van der Waals surface area contributed by atoms with E-state index >= 15 is 0 Å². The van der Waals surface area contributed by atoms with E-state index in [4.69, 9.17) is 0 Å². The highest BCUT2D eigenvalue weighted by Crippen LogP contribution is 2.22. The molecule has 0 bridgehead atoms. The van der Waals surface area contributed by atoms with Crippen LogP contribution in [0.15, 0.2) is 30.3 Å². The van der Waals surface area contributed by atoms with Crippen LogP contribution in [0.1, 0.15) is 31.2 Å². The standard InChI is InChI=1S/C15H22N2/c1-2-5-13(6-3-1)12-17-10-4-7-15(17)11-16-14-8-9-14/h1-3,5-6,14-16H,4,7-12H2. The van der Waals surface area contributed by atoms with Gasteiger partial charge in [-0.2, -0.15) is 0 Å². The van der Waals surface area contributed by atoms with Crippen molar-refractivity contribution in [3.8, 4) is 0 Å². The fraction of sp³-hybridized carbons (Fsp3) is 0.600. The topological polar surface area (TPSA) is 15.3 Å². The maximum Gasteiger partial charge on any atom is 0.0237 e. The van der Waals surface area contributed by atoms with E-state index in [-0.39, 0.29) is 0 Å². The number of nitrogens with one attached hydrogen (secondary N) is 1. The van der Waals surface area contributed by atoms with Gasteiger partial charge in [-0.3, -0.25) is 4.90 Å². The van der Waals surface area contributed by atoms with Crippen molar-refractivity contribution in [2.24, 2.45) is 0 Å². The summed E-state index contributed by atoms with van der Waals surface area (Å²) in [5.41, 5.74) is 1.45. The van der Waals surface area contributed by atoms with Crippen molar-refractivity contribution in [2.75, 3.05) is 13.1 Å². The van der Waals surface area contributed by atoms with Crippen molar-refractivity contribution >= 4 is 0 Å². The van der Waals surface area contributed by atoms with Crippen LogP contribution < -0.4 is 5.32 Å². The molecule has 1 saturated heterocycles. The molecule has 0 radical (unpaired) electrons. The third-order valence-electron chi connectivity index (χ3n) is 3.95. The fourth-order valence-electron chi connectivity index (χ4n) is 2.74. The molecule has 1 aromatic carbocycles. The molecule has 1 heterocycles. The molecular formula is C15H22N2. The van der Waals surface area contributed by atoms with Gasteiger partial charge in [-0.1, -0.05) is 30.3 Å². The number of hydrogen-bond donors (Lipinski definition) is 1. The highest BCUT2D eigenvalue weighted by atomic mass is 15.2. The summed E-state index contributed by atoms with van der Waals surface area (Å²) in [7, 11) is 0. The van der Waals surface area contributed by atoms with Crippen LogP contribution in [0, 0.1) is 0 Å². The summed E-state index contributed by atoms with van der Waals surface area (Å²) in [6, 6.07) is 12.5. The zero-order valence-electron chi connectivity index (χ0n) is 10.4. The summed E-state index contributed by atoms with van der Waals surface area (Å²) < 4.78 is 0. The van der Waals surface area contributed by atoms with Gasteiger partial charge in [-0.05, 0) is 37.8 Å². The molecule has 1 aromatic rings. The molecule has 2 aliphatic rings. The lowest BCUT2D eigenvalue weighted by Gasteiger charge is -2.24. The van der Waals surface area contributed by atoms with Gasteiger partial charge in [-0.25, -0.2) is 0 Å². The van der Waals surface area contributed by atoms with Crippen molar-refractivity contribution in [2.45, 2.75) is 44.3 Å². The first-order valence-corrected chi connectivity index (χ1v) is 6.93. The van der Waals surface area contributed by atoms with Crippen molar-refractivity contribution < 1.29 is 0 Å². The van der Waals surface area contributed by atoms with Gasteiger partial charge in [0.25, 0.3) is 0 Å². The molecule has 0 amide bonds. The van der Waals surface area contributed by atoms with E-state index in [1.807, 2.05) is 0 Å². The Bertz CT molecular complexity index is 345. The summed E-state index contributed by atoms with van der Waals surface area (Å²) >= 11 is 0. The molecule has 1 unspecified atom stereocenters. The van der Waals surface area contributed by atoms with Crippen molar-refractivity contribution in [3.63, 3.8) is 0 Å². The molecule has 2 fully saturated rings. The van der Waals surface area contributed by atoms with Crippen LogP contribution in [0.4, 0.5) is 0 Å². The smallest absolute Gasteiger partial charge is 0.0237 e. The zero-order valence-corrected chi connectivity index (χ0v) is 10.4. The highest BCUT2D eigenvalue weighted by molar-refractivity contribution is 5.14. The van der Waals surface area contributed by atoms with Crippen LogP contribution in [-0.2, 0) is 6.54 Å². The molecule has 1 aliphatic heterocycles. The lowest BCUT2D eigenvalue weighted by molar-refractivity contribution is 0.239. The quantitative estimate of drug-likeness (QED) is 0.835. The minimum Gasteiger partial charge on any atom is -0.312 e. The largest absolute Gasteiger partial charge is 0.312 e. The van der Waals surface area contributed by atoms with Crippen LogP contribution in [0.5, 0.6) is 0 Å². The maximum atomic E-state index is 3.67. The van der Waals surface area contributed by atoms with Gasteiger partial charge >= 0.3 is 0 Å². The summed E-state index contributed by atoms with van der Waals surface area (Å²) in [5.74, 6) is 0. The van der Waals surface area contributed by atoms with Crippen molar-refractivity contribution in [1.82, 2.24) is 10.2 Å². The van der Waals surface area contributed by atoms with E-state index in [0.717, 1.165) is 18.6 Å². The van der Waals surface area contributed by atoms with E-state index in [2.05, 4.69) is 40.5 Å². The van der Waals surface area contributed by atoms with Crippen LogP contribution >= 0.6 is 0 Å². The Labute approximate surface area is 104 Å². The molecule has 0 spiro atoms. The second-order valence-electron chi connectivity index (χ2n) is 5.43. The number of nitrogens with zero attached hydrogens (tertiary/aromatic N) is 1. The van der Waals surface area contributed by atoms with Gasteiger partial charge in [-0.15, -0.1) is 0 Å². The molecule has 1 aliphatic carbocycles. The van der Waals surface area contributed by atoms with Crippen molar-refractivity contribution in [1.29, 1.82) is 0 Å². The second kappa shape index (κ2) is 5.19. The van der Waals surface area contributed by atoms with E-state index in [9.17, 15) is 0 Å². The highest BCUT2D eigenvalue weighted by Gasteiger charge is 2.27. The number of likely N-dealkylation sites (tertiary alicyclic amines) is 1. The molecule has 0 aromatic heterocycles. The minimum atomic E-state index is 0.760. The Balaban J connectivity index is 1.53. The molecule has 2 nitrogen and oxygen atoms in total. The Hall–Kier alpha value is -0.860. The summed E-state index contributed by atoms with van der Waals surface area (Å²) in [5, 5.41) is 3.67. The van der Waals surface area contributed by atoms with E-state index in [1.54, 1.807) is 0 Å². The first-order valence-electron chi connectivity index (χ1n) is 6.93. The number of benzene rings is 1. The third kappa shape index (κ3) is 3.08. The van der Waals surface area contributed by atoms with Gasteiger partial charge in [0.2, 0.25) is 0 Å². The van der Waals surface area contributed by atoms with Gasteiger partial charge in [0, 0.05) is 25.2 Å². The minimum absolute atomic E-state index is 0.760. The SMILES string of the molecule is c1ccc(CN2CCCC2CNC2CC2)cc1. The van der Waals surface area contributed by atoms with Gasteiger partial charge in [0.05, 0.1) is 0 Å². The molecule has 2 heteroatoms. The summed E-state index contributed by atoms with van der Waals surface area (Å²) in [4.78, 5) is 2.64. The second-order valence-corrected chi connectivity index (χ2v) is 5.43. The predicted octanol–water partition coefficient (Wildman–Crippen LogP) is 2.40. The van der Waals surface area contributed by atoms with Gasteiger partial charge in [0.15, 0.2) is 0 Å². The normalized spacial score (nSPS) is 25.3. The average Bonchev–Trinajstić information content (AvgIpc) is 3.09. The Morgan fingerprint density at radius 2 is 1.94 bits per heavy atom. The lowest BCUT2D eigenvalue weighted by Crippen LogP contribution is -2.38. The Morgan fingerprint density at radius 3 is 2.71 bits per heavy atom. The molecule has 92 valence electrons. The predicted molar refractivity (Wildman–Crippen MR) is 70.9 cm³/mol. The van der Waals surface area contributed by atoms with Gasteiger partial charge < -0.3 is 5.32 Å². The summed E-state index contributed by atoms with van der Waals surface area (Å²) in [6.45, 7) is 3.58. The van der Waals surface area contributed by atoms with Crippen LogP contribution in [0.2, 0.25) is 0 Å². The third-order valence-corrected chi connectivity index (χ3v) is 3.95. The number of hydrogen-bond acceptors (Lipinski definition) is 2. The number of rotatable bonds is 5. The molecule has 1 N–H and O–H groups in total. The average molecular weight is 230 g/mol. The van der Waals surface area contributed by atoms with E-state index in [1.165, 1.54) is 44.3 Å². The maximum absolute atomic E-state index is 3.67. The Morgan fingerprint density at radius 1 is 1.12 bits per heavy atom. The van der Waals surface area contributed by atoms with Crippen LogP contribution in [-0.4, -0.2) is 30.1 Å². The zero-order chi connectivity index (χ0) is 11.5. The first kappa shape index (κ1) is 11.2. The lowest BCUT2D eigenvalue weighted by atomic mass is 10.2. The van der Waals surface area contributed by atoms with E-state index < -0.39 is 0 Å². The van der Waals surface area contributed by atoms with E-state index in [0.29, 0.717) is 0 Å².